The second-order valence-corrected chi connectivity index (χ2v) is 4.77. The fraction of sp³-hybridized carbons (Fsp3) is 0.833. The molecule has 0 spiro atoms. The first-order valence-electron chi connectivity index (χ1n) is 5.20. The van der Waals surface area contributed by atoms with Gasteiger partial charge in [0.05, 0.1) is 0 Å². The lowest BCUT2D eigenvalue weighted by atomic mass is 9.69. The molecule has 0 saturated carbocycles. The van der Waals surface area contributed by atoms with Crippen LogP contribution in [0.2, 0.25) is 0 Å². The molecule has 0 aromatic carbocycles. The van der Waals surface area contributed by atoms with E-state index in [4.69, 9.17) is 0 Å². The highest BCUT2D eigenvalue weighted by Gasteiger charge is 2.29. The van der Waals surface area contributed by atoms with Crippen molar-refractivity contribution in [2.75, 3.05) is 0 Å². The van der Waals surface area contributed by atoms with Crippen LogP contribution in [-0.4, -0.2) is 0 Å². The Labute approximate surface area is 77.1 Å². The summed E-state index contributed by atoms with van der Waals surface area (Å²) in [6.07, 6.45) is 3.72. The Morgan fingerprint density at radius 1 is 1.33 bits per heavy atom. The molecule has 0 fully saturated rings. The predicted molar refractivity (Wildman–Crippen MR) is 55.0 cm³/mol. The molecule has 0 aromatic rings. The third kappa shape index (κ3) is 1.73. The van der Waals surface area contributed by atoms with Crippen molar-refractivity contribution in [3.8, 4) is 0 Å². The molecule has 3 unspecified atom stereocenters. The van der Waals surface area contributed by atoms with Crippen LogP contribution >= 0.6 is 0 Å². The molecule has 0 radical (unpaired) electrons. The monoisotopic (exact) mass is 166 g/mol. The molecule has 1 rings (SSSR count). The Morgan fingerprint density at radius 2 is 1.92 bits per heavy atom. The van der Waals surface area contributed by atoms with Crippen molar-refractivity contribution in [2.45, 2.75) is 41.0 Å². The van der Waals surface area contributed by atoms with Gasteiger partial charge in [-0.15, -0.1) is 0 Å². The molecule has 0 aliphatic heterocycles. The van der Waals surface area contributed by atoms with Gasteiger partial charge >= 0.3 is 0 Å². The summed E-state index contributed by atoms with van der Waals surface area (Å²) >= 11 is 0. The molecule has 0 nitrogen and oxygen atoms in total. The summed E-state index contributed by atoms with van der Waals surface area (Å²) in [7, 11) is 0. The van der Waals surface area contributed by atoms with Gasteiger partial charge in [0.25, 0.3) is 0 Å². The van der Waals surface area contributed by atoms with Crippen molar-refractivity contribution in [3.05, 3.63) is 11.6 Å². The van der Waals surface area contributed by atoms with Crippen molar-refractivity contribution in [1.82, 2.24) is 0 Å². The first-order chi connectivity index (χ1) is 5.54. The minimum atomic E-state index is 0.800. The first kappa shape index (κ1) is 9.83. The molecule has 0 aromatic heterocycles. The van der Waals surface area contributed by atoms with E-state index in [0.717, 1.165) is 23.7 Å². The van der Waals surface area contributed by atoms with E-state index in [1.807, 2.05) is 0 Å². The van der Waals surface area contributed by atoms with Crippen LogP contribution in [0.5, 0.6) is 0 Å². The van der Waals surface area contributed by atoms with E-state index in [9.17, 15) is 0 Å². The average Bonchev–Trinajstić information content (AvgIpc) is 1.97. The van der Waals surface area contributed by atoms with Crippen LogP contribution in [0.1, 0.15) is 41.0 Å². The summed E-state index contributed by atoms with van der Waals surface area (Å²) in [6.45, 7) is 11.8. The lowest BCUT2D eigenvalue weighted by Gasteiger charge is -2.36. The predicted octanol–water partition coefficient (Wildman–Crippen LogP) is 3.88. The molecule has 70 valence electrons. The van der Waals surface area contributed by atoms with E-state index in [1.54, 1.807) is 5.57 Å². The maximum atomic E-state index is 2.42. The lowest BCUT2D eigenvalue weighted by Crippen LogP contribution is -2.28. The van der Waals surface area contributed by atoms with Crippen LogP contribution in [0.25, 0.3) is 0 Å². The van der Waals surface area contributed by atoms with Crippen LogP contribution < -0.4 is 0 Å². The van der Waals surface area contributed by atoms with E-state index < -0.39 is 0 Å². The van der Waals surface area contributed by atoms with Crippen LogP contribution in [0.15, 0.2) is 11.6 Å². The minimum Gasteiger partial charge on any atom is -0.0851 e. The van der Waals surface area contributed by atoms with Gasteiger partial charge in [0.15, 0.2) is 0 Å². The third-order valence-corrected chi connectivity index (χ3v) is 3.53. The average molecular weight is 166 g/mol. The SMILES string of the molecule is CC1=CCC(C)C(C(C)C)C1C. The minimum absolute atomic E-state index is 0.800. The molecule has 0 amide bonds. The summed E-state index contributed by atoms with van der Waals surface area (Å²) in [5.74, 6) is 3.41. The highest BCUT2D eigenvalue weighted by Crippen LogP contribution is 2.38. The van der Waals surface area contributed by atoms with E-state index in [2.05, 4.69) is 40.7 Å². The summed E-state index contributed by atoms with van der Waals surface area (Å²) in [5, 5.41) is 0. The first-order valence-corrected chi connectivity index (χ1v) is 5.20. The van der Waals surface area contributed by atoms with E-state index >= 15 is 0 Å². The number of hydrogen-bond acceptors (Lipinski definition) is 0. The molecular weight excluding hydrogens is 144 g/mol. The Morgan fingerprint density at radius 3 is 2.33 bits per heavy atom. The van der Waals surface area contributed by atoms with Gasteiger partial charge in [0.2, 0.25) is 0 Å². The van der Waals surface area contributed by atoms with Gasteiger partial charge in [-0.1, -0.05) is 39.3 Å². The molecular formula is C12H22. The van der Waals surface area contributed by atoms with Crippen molar-refractivity contribution in [1.29, 1.82) is 0 Å². The fourth-order valence-electron chi connectivity index (χ4n) is 2.75. The Kier molecular flexibility index (Phi) is 2.98. The molecule has 3 atom stereocenters. The second kappa shape index (κ2) is 3.64. The molecule has 0 heteroatoms. The maximum absolute atomic E-state index is 2.42. The molecule has 0 heterocycles. The van der Waals surface area contributed by atoms with E-state index in [0.29, 0.717) is 0 Å². The van der Waals surface area contributed by atoms with Crippen molar-refractivity contribution in [2.24, 2.45) is 23.7 Å². The molecule has 1 aliphatic carbocycles. The third-order valence-electron chi connectivity index (χ3n) is 3.53. The lowest BCUT2D eigenvalue weighted by molar-refractivity contribution is 0.197. The molecule has 1 aliphatic rings. The summed E-state index contributed by atoms with van der Waals surface area (Å²) in [6, 6.07) is 0. The molecule has 0 N–H and O–H groups in total. The van der Waals surface area contributed by atoms with Crippen LogP contribution in [-0.2, 0) is 0 Å². The second-order valence-electron chi connectivity index (χ2n) is 4.77. The summed E-state index contributed by atoms with van der Waals surface area (Å²) < 4.78 is 0. The zero-order chi connectivity index (χ0) is 9.30. The number of allylic oxidation sites excluding steroid dienone is 2. The fourth-order valence-corrected chi connectivity index (χ4v) is 2.75. The van der Waals surface area contributed by atoms with Crippen molar-refractivity contribution < 1.29 is 0 Å². The quantitative estimate of drug-likeness (QED) is 0.519. The van der Waals surface area contributed by atoms with Crippen LogP contribution in [0, 0.1) is 23.7 Å². The van der Waals surface area contributed by atoms with Gasteiger partial charge < -0.3 is 0 Å². The van der Waals surface area contributed by atoms with Crippen molar-refractivity contribution in [3.63, 3.8) is 0 Å². The molecule has 12 heavy (non-hydrogen) atoms. The Bertz CT molecular complexity index is 176. The zero-order valence-corrected chi connectivity index (χ0v) is 9.09. The van der Waals surface area contributed by atoms with Crippen LogP contribution in [0.3, 0.4) is 0 Å². The van der Waals surface area contributed by atoms with Gasteiger partial charge in [0.1, 0.15) is 0 Å². The topological polar surface area (TPSA) is 0 Å². The molecule has 0 saturated heterocycles. The van der Waals surface area contributed by atoms with Crippen LogP contribution in [0.4, 0.5) is 0 Å². The number of hydrogen-bond donors (Lipinski definition) is 0. The zero-order valence-electron chi connectivity index (χ0n) is 9.09. The smallest absolute Gasteiger partial charge is 0.0201 e. The van der Waals surface area contributed by atoms with Gasteiger partial charge in [-0.25, -0.2) is 0 Å². The molecule has 0 bridgehead atoms. The van der Waals surface area contributed by atoms with E-state index in [1.165, 1.54) is 6.42 Å². The standard InChI is InChI=1S/C12H22/c1-8(2)12-10(4)7-6-9(3)11(12)5/h6,8,10-12H,7H2,1-5H3. The normalized spacial score (nSPS) is 36.8. The highest BCUT2D eigenvalue weighted by molar-refractivity contribution is 5.09. The Balaban J connectivity index is 2.78. The van der Waals surface area contributed by atoms with Gasteiger partial charge in [-0.05, 0) is 37.0 Å². The summed E-state index contributed by atoms with van der Waals surface area (Å²) in [5.41, 5.74) is 1.60. The van der Waals surface area contributed by atoms with Gasteiger partial charge in [0, 0.05) is 0 Å². The largest absolute Gasteiger partial charge is 0.0851 e. The van der Waals surface area contributed by atoms with Gasteiger partial charge in [-0.3, -0.25) is 0 Å². The Hall–Kier alpha value is -0.260. The van der Waals surface area contributed by atoms with Gasteiger partial charge in [-0.2, -0.15) is 0 Å². The maximum Gasteiger partial charge on any atom is -0.0201 e. The van der Waals surface area contributed by atoms with E-state index in [-0.39, 0.29) is 0 Å². The summed E-state index contributed by atoms with van der Waals surface area (Å²) in [4.78, 5) is 0. The van der Waals surface area contributed by atoms with Crippen molar-refractivity contribution >= 4 is 0 Å². The highest BCUT2D eigenvalue weighted by atomic mass is 14.3. The number of rotatable bonds is 1.